The molecule has 0 saturated heterocycles. The minimum Gasteiger partial charge on any atom is -0.436 e. The summed E-state index contributed by atoms with van der Waals surface area (Å²) in [5.41, 5.74) is 6.80. The van der Waals surface area contributed by atoms with Gasteiger partial charge in [0.05, 0.1) is 12.1 Å². The molecule has 4 heteroatoms. The Morgan fingerprint density at radius 2 is 1.62 bits per heavy atom. The van der Waals surface area contributed by atoms with Gasteiger partial charge in [-0.3, -0.25) is 4.68 Å². The Morgan fingerprint density at radius 1 is 0.812 bits per heavy atom. The van der Waals surface area contributed by atoms with Crippen molar-refractivity contribution in [3.63, 3.8) is 0 Å². The van der Waals surface area contributed by atoms with Crippen LogP contribution in [0, 0.1) is 6.92 Å². The fraction of sp³-hybridized carbons (Fsp3) is 0.0714. The van der Waals surface area contributed by atoms with Crippen LogP contribution in [0.3, 0.4) is 0 Å². The van der Waals surface area contributed by atoms with Crippen molar-refractivity contribution in [3.8, 4) is 22.7 Å². The van der Waals surface area contributed by atoms with E-state index in [2.05, 4.69) is 67.6 Å². The van der Waals surface area contributed by atoms with Crippen molar-refractivity contribution in [2.24, 2.45) is 0 Å². The van der Waals surface area contributed by atoms with E-state index in [1.165, 1.54) is 16.3 Å². The van der Waals surface area contributed by atoms with Gasteiger partial charge in [-0.2, -0.15) is 5.10 Å². The van der Waals surface area contributed by atoms with Crippen LogP contribution in [0.25, 0.3) is 44.6 Å². The van der Waals surface area contributed by atoms with Gasteiger partial charge in [0.1, 0.15) is 11.2 Å². The molecule has 0 unspecified atom stereocenters. The van der Waals surface area contributed by atoms with Gasteiger partial charge in [-0.05, 0) is 47.0 Å². The normalized spacial score (nSPS) is 11.4. The van der Waals surface area contributed by atoms with E-state index in [9.17, 15) is 0 Å². The highest BCUT2D eigenvalue weighted by Crippen LogP contribution is 2.34. The molecule has 0 bridgehead atoms. The van der Waals surface area contributed by atoms with Gasteiger partial charge in [0.2, 0.25) is 5.89 Å². The average molecular weight is 415 g/mol. The first kappa shape index (κ1) is 18.6. The molecule has 154 valence electrons. The number of nitrogens with zero attached hydrogens (tertiary/aromatic N) is 3. The molecule has 2 heterocycles. The monoisotopic (exact) mass is 415 g/mol. The molecule has 2 aromatic heterocycles. The van der Waals surface area contributed by atoms with Crippen LogP contribution in [0.2, 0.25) is 0 Å². The molecule has 4 nitrogen and oxygen atoms in total. The molecule has 32 heavy (non-hydrogen) atoms. The minimum atomic E-state index is 0.591. The van der Waals surface area contributed by atoms with Gasteiger partial charge in [-0.25, -0.2) is 4.98 Å². The van der Waals surface area contributed by atoms with Crippen molar-refractivity contribution in [2.45, 2.75) is 13.5 Å². The van der Waals surface area contributed by atoms with Crippen molar-refractivity contribution >= 4 is 21.9 Å². The molecule has 6 aromatic rings. The van der Waals surface area contributed by atoms with Crippen molar-refractivity contribution in [3.05, 3.63) is 108 Å². The third kappa shape index (κ3) is 3.36. The van der Waals surface area contributed by atoms with Crippen molar-refractivity contribution in [1.29, 1.82) is 0 Å². The van der Waals surface area contributed by atoms with Crippen LogP contribution >= 0.6 is 0 Å². The zero-order valence-corrected chi connectivity index (χ0v) is 17.7. The van der Waals surface area contributed by atoms with Gasteiger partial charge in [0.15, 0.2) is 5.58 Å². The van der Waals surface area contributed by atoms with E-state index < -0.39 is 0 Å². The largest absolute Gasteiger partial charge is 0.436 e. The number of hydrogen-bond acceptors (Lipinski definition) is 3. The summed E-state index contributed by atoms with van der Waals surface area (Å²) in [5.74, 6) is 0.591. The Hall–Kier alpha value is -4.18. The SMILES string of the molecule is Cc1ccc2nc(-c3cn(Cc4ccccc4)nc3-c3ccc4ccccc4c3)oc2c1. The van der Waals surface area contributed by atoms with E-state index in [0.717, 1.165) is 33.5 Å². The highest BCUT2D eigenvalue weighted by atomic mass is 16.3. The maximum Gasteiger partial charge on any atom is 0.231 e. The number of aromatic nitrogens is 3. The van der Waals surface area contributed by atoms with Crippen LogP contribution < -0.4 is 0 Å². The summed E-state index contributed by atoms with van der Waals surface area (Å²) < 4.78 is 8.15. The fourth-order valence-electron chi connectivity index (χ4n) is 4.13. The van der Waals surface area contributed by atoms with Gasteiger partial charge in [-0.15, -0.1) is 0 Å². The molecule has 0 amide bonds. The number of benzene rings is 4. The van der Waals surface area contributed by atoms with Crippen LogP contribution in [0.15, 0.2) is 102 Å². The van der Waals surface area contributed by atoms with E-state index in [-0.39, 0.29) is 0 Å². The molecule has 0 saturated carbocycles. The van der Waals surface area contributed by atoms with Crippen LogP contribution in [-0.4, -0.2) is 14.8 Å². The molecule has 0 fully saturated rings. The maximum atomic E-state index is 6.18. The molecule has 0 radical (unpaired) electrons. The molecule has 0 aliphatic rings. The summed E-state index contributed by atoms with van der Waals surface area (Å²) in [6, 6.07) is 31.2. The Labute approximate surface area is 185 Å². The third-order valence-corrected chi connectivity index (χ3v) is 5.75. The summed E-state index contributed by atoms with van der Waals surface area (Å²) in [6.45, 7) is 2.74. The van der Waals surface area contributed by atoms with E-state index in [1.807, 2.05) is 41.2 Å². The zero-order chi connectivity index (χ0) is 21.5. The molecule has 0 aliphatic carbocycles. The third-order valence-electron chi connectivity index (χ3n) is 5.75. The van der Waals surface area contributed by atoms with E-state index in [1.54, 1.807) is 0 Å². The molecular weight excluding hydrogens is 394 g/mol. The topological polar surface area (TPSA) is 43.9 Å². The quantitative estimate of drug-likeness (QED) is 0.316. The molecule has 4 aromatic carbocycles. The number of aryl methyl sites for hydroxylation is 1. The summed E-state index contributed by atoms with van der Waals surface area (Å²) in [6.07, 6.45) is 2.04. The van der Waals surface area contributed by atoms with Gasteiger partial charge >= 0.3 is 0 Å². The number of oxazole rings is 1. The van der Waals surface area contributed by atoms with Gasteiger partial charge in [0, 0.05) is 11.8 Å². The van der Waals surface area contributed by atoms with Crippen molar-refractivity contribution in [1.82, 2.24) is 14.8 Å². The zero-order valence-electron chi connectivity index (χ0n) is 17.7. The lowest BCUT2D eigenvalue weighted by Crippen LogP contribution is -2.00. The maximum absolute atomic E-state index is 6.18. The summed E-state index contributed by atoms with van der Waals surface area (Å²) in [5, 5.41) is 7.35. The average Bonchev–Trinajstić information content (AvgIpc) is 3.43. The highest BCUT2D eigenvalue weighted by Gasteiger charge is 2.19. The molecule has 0 N–H and O–H groups in total. The van der Waals surface area contributed by atoms with Crippen LogP contribution in [0.5, 0.6) is 0 Å². The van der Waals surface area contributed by atoms with Gasteiger partial charge in [0.25, 0.3) is 0 Å². The molecular formula is C28H21N3O. The molecule has 0 spiro atoms. The van der Waals surface area contributed by atoms with Crippen LogP contribution in [-0.2, 0) is 6.54 Å². The second-order valence-corrected chi connectivity index (χ2v) is 8.13. The number of fused-ring (bicyclic) bond motifs is 2. The number of rotatable bonds is 4. The van der Waals surface area contributed by atoms with Crippen LogP contribution in [0.1, 0.15) is 11.1 Å². The Balaban J connectivity index is 1.51. The first-order chi connectivity index (χ1) is 15.7. The molecule has 6 rings (SSSR count). The number of hydrogen-bond donors (Lipinski definition) is 0. The van der Waals surface area contributed by atoms with E-state index in [4.69, 9.17) is 14.5 Å². The minimum absolute atomic E-state index is 0.591. The summed E-state index contributed by atoms with van der Waals surface area (Å²) >= 11 is 0. The second-order valence-electron chi connectivity index (χ2n) is 8.13. The van der Waals surface area contributed by atoms with E-state index >= 15 is 0 Å². The smallest absolute Gasteiger partial charge is 0.231 e. The van der Waals surface area contributed by atoms with Crippen LogP contribution in [0.4, 0.5) is 0 Å². The molecule has 0 aliphatic heterocycles. The van der Waals surface area contributed by atoms with Gasteiger partial charge < -0.3 is 4.42 Å². The fourth-order valence-corrected chi connectivity index (χ4v) is 4.13. The highest BCUT2D eigenvalue weighted by molar-refractivity contribution is 5.89. The second kappa shape index (κ2) is 7.50. The van der Waals surface area contributed by atoms with E-state index in [0.29, 0.717) is 12.4 Å². The Kier molecular flexibility index (Phi) is 4.36. The Morgan fingerprint density at radius 3 is 2.50 bits per heavy atom. The predicted octanol–water partition coefficient (Wildman–Crippen LogP) is 6.87. The summed E-state index contributed by atoms with van der Waals surface area (Å²) in [7, 11) is 0. The lowest BCUT2D eigenvalue weighted by atomic mass is 10.0. The van der Waals surface area contributed by atoms with Crippen molar-refractivity contribution in [2.75, 3.05) is 0 Å². The summed E-state index contributed by atoms with van der Waals surface area (Å²) in [4.78, 5) is 4.77. The lowest BCUT2D eigenvalue weighted by Gasteiger charge is -2.03. The first-order valence-electron chi connectivity index (χ1n) is 10.7. The standard InChI is InChI=1S/C28H21N3O/c1-19-11-14-25-26(15-19)32-28(29-25)24-18-31(17-20-7-3-2-4-8-20)30-27(24)23-13-12-21-9-5-6-10-22(21)16-23/h2-16,18H,17H2,1H3. The van der Waals surface area contributed by atoms with Gasteiger partial charge in [-0.1, -0.05) is 72.8 Å². The lowest BCUT2D eigenvalue weighted by molar-refractivity contribution is 0.619. The Bertz CT molecular complexity index is 1560. The van der Waals surface area contributed by atoms with Crippen molar-refractivity contribution < 1.29 is 4.42 Å². The first-order valence-corrected chi connectivity index (χ1v) is 10.7. The predicted molar refractivity (Wildman–Crippen MR) is 128 cm³/mol. The molecule has 0 atom stereocenters.